The minimum Gasteiger partial charge on any atom is -0.489 e. The lowest BCUT2D eigenvalue weighted by molar-refractivity contribution is -0.164. The highest BCUT2D eigenvalue weighted by Gasteiger charge is 2.64. The molecule has 1 aliphatic carbocycles. The van der Waals surface area contributed by atoms with Gasteiger partial charge in [-0.3, -0.25) is 24.5 Å². The molecule has 5 fully saturated rings. The number of ether oxygens (including phenoxy) is 1. The molecule has 15 nitrogen and oxygen atoms in total. The molecule has 0 radical (unpaired) electrons. The van der Waals surface area contributed by atoms with Crippen LogP contribution < -0.4 is 30.7 Å². The molecule has 6 heterocycles. The molecule has 9 rings (SSSR count). The third kappa shape index (κ3) is 6.85. The van der Waals surface area contributed by atoms with Crippen molar-refractivity contribution in [3.05, 3.63) is 81.2 Å². The summed E-state index contributed by atoms with van der Waals surface area (Å²) in [5, 5.41) is 23.8. The van der Waals surface area contributed by atoms with Crippen LogP contribution in [0.2, 0.25) is 5.02 Å². The van der Waals surface area contributed by atoms with Gasteiger partial charge in [0.15, 0.2) is 0 Å². The second-order valence-corrected chi connectivity index (χ2v) is 18.7. The third-order valence-corrected chi connectivity index (χ3v) is 13.6. The summed E-state index contributed by atoms with van der Waals surface area (Å²) in [4.78, 5) is 62.4. The maximum Gasteiger partial charge on any atom is 0.278 e. The van der Waals surface area contributed by atoms with E-state index in [1.807, 2.05) is 24.3 Å². The van der Waals surface area contributed by atoms with Gasteiger partial charge in [-0.05, 0) is 61.2 Å². The van der Waals surface area contributed by atoms with Gasteiger partial charge in [-0.1, -0.05) is 44.5 Å². The number of nitrogens with one attached hydrogen (secondary N) is 2. The summed E-state index contributed by atoms with van der Waals surface area (Å²) >= 11 is 6.25. The lowest BCUT2D eigenvalue weighted by Crippen LogP contribution is -2.74. The summed E-state index contributed by atoms with van der Waals surface area (Å²) < 4.78 is 7.46. The fourth-order valence-corrected chi connectivity index (χ4v) is 10.8. The molecule has 1 spiro atoms. The number of halogens is 1. The summed E-state index contributed by atoms with van der Waals surface area (Å²) in [7, 11) is 0. The highest BCUT2D eigenvalue weighted by atomic mass is 35.5. The maximum atomic E-state index is 13.5. The highest BCUT2D eigenvalue weighted by molar-refractivity contribution is 6.31. The van der Waals surface area contributed by atoms with E-state index in [0.717, 1.165) is 68.4 Å². The Hall–Kier alpha value is -5.59. The van der Waals surface area contributed by atoms with Gasteiger partial charge in [-0.2, -0.15) is 9.94 Å². The summed E-state index contributed by atoms with van der Waals surface area (Å²) in [5.74, 6) is 0.972. The number of nitriles is 1. The average molecular weight is 819 g/mol. The predicted molar refractivity (Wildman–Crippen MR) is 220 cm³/mol. The quantitative estimate of drug-likeness (QED) is 0.233. The van der Waals surface area contributed by atoms with Crippen LogP contribution in [-0.2, 0) is 9.59 Å². The molecule has 2 aromatic carbocycles. The van der Waals surface area contributed by atoms with Crippen molar-refractivity contribution in [2.75, 3.05) is 55.6 Å². The van der Waals surface area contributed by atoms with Gasteiger partial charge < -0.3 is 24.8 Å². The van der Waals surface area contributed by atoms with Gasteiger partial charge >= 0.3 is 0 Å². The summed E-state index contributed by atoms with van der Waals surface area (Å²) in [6.45, 7) is 15.2. The SMILES string of the molecule is CC1(C)C(NC(=O)c2ccc(N3CC[C@H](CN4CC5(C4)CN(c4ccc6c(=O)n(C7CCC(=O)NC7=O)nnc6c4)C5)C3)nc2)C(C)(C)C1Oc1ccc(C#N)c(Cl)c1. The fourth-order valence-electron chi connectivity index (χ4n) is 10.6. The number of piperidine rings is 1. The van der Waals surface area contributed by atoms with Crippen molar-refractivity contribution in [2.24, 2.45) is 22.2 Å². The van der Waals surface area contributed by atoms with Gasteiger partial charge in [0.2, 0.25) is 5.91 Å². The zero-order valence-corrected chi connectivity index (χ0v) is 34.3. The molecule has 4 aliphatic heterocycles. The summed E-state index contributed by atoms with van der Waals surface area (Å²) in [6.07, 6.45) is 2.95. The first-order chi connectivity index (χ1) is 28.1. The van der Waals surface area contributed by atoms with Gasteiger partial charge in [0.25, 0.3) is 17.4 Å². The molecular weight excluding hydrogens is 772 g/mol. The topological polar surface area (TPSA) is 179 Å². The Morgan fingerprint density at radius 3 is 2.47 bits per heavy atom. The van der Waals surface area contributed by atoms with Crippen LogP contribution in [0.15, 0.2) is 59.5 Å². The molecule has 2 atom stereocenters. The van der Waals surface area contributed by atoms with Crippen LogP contribution in [0, 0.1) is 33.5 Å². The first kappa shape index (κ1) is 38.9. The number of anilines is 2. The van der Waals surface area contributed by atoms with Crippen molar-refractivity contribution in [2.45, 2.75) is 65.1 Å². The van der Waals surface area contributed by atoms with E-state index in [4.69, 9.17) is 21.3 Å². The van der Waals surface area contributed by atoms with E-state index in [2.05, 4.69) is 69.4 Å². The molecule has 4 saturated heterocycles. The molecule has 1 unspecified atom stereocenters. The number of hydrogen-bond acceptors (Lipinski definition) is 12. The largest absolute Gasteiger partial charge is 0.489 e. The number of aromatic nitrogens is 4. The molecule has 2 aromatic heterocycles. The predicted octanol–water partition coefficient (Wildman–Crippen LogP) is 3.95. The molecule has 2 N–H and O–H groups in total. The normalized spacial score (nSPS) is 25.4. The molecular formula is C43H47ClN10O5. The van der Waals surface area contributed by atoms with E-state index in [1.165, 1.54) is 0 Å². The van der Waals surface area contributed by atoms with Crippen LogP contribution in [0.1, 0.15) is 68.9 Å². The monoisotopic (exact) mass is 818 g/mol. The zero-order chi connectivity index (χ0) is 41.4. The van der Waals surface area contributed by atoms with E-state index in [1.54, 1.807) is 30.5 Å². The number of amides is 3. The van der Waals surface area contributed by atoms with Crippen molar-refractivity contribution in [3.63, 3.8) is 0 Å². The van der Waals surface area contributed by atoms with Gasteiger partial charge in [-0.15, -0.1) is 5.10 Å². The van der Waals surface area contributed by atoms with Crippen LogP contribution in [0.5, 0.6) is 5.75 Å². The Morgan fingerprint density at radius 2 is 1.78 bits per heavy atom. The number of benzene rings is 2. The Balaban J connectivity index is 0.736. The second kappa shape index (κ2) is 14.3. The Labute approximate surface area is 346 Å². The molecule has 4 aromatic rings. The average Bonchev–Trinajstić information content (AvgIpc) is 3.65. The Kier molecular flexibility index (Phi) is 9.43. The van der Waals surface area contributed by atoms with Crippen LogP contribution in [0.3, 0.4) is 0 Å². The summed E-state index contributed by atoms with van der Waals surface area (Å²) in [6, 6.07) is 15.5. The number of carbonyl (C=O) groups is 3. The first-order valence-electron chi connectivity index (χ1n) is 20.2. The van der Waals surface area contributed by atoms with Crippen LogP contribution >= 0.6 is 11.6 Å². The van der Waals surface area contributed by atoms with Crippen LogP contribution in [-0.4, -0.2) is 101 Å². The van der Waals surface area contributed by atoms with Gasteiger partial charge in [0.1, 0.15) is 35.3 Å². The highest BCUT2D eigenvalue weighted by Crippen LogP contribution is 2.55. The maximum absolute atomic E-state index is 13.5. The summed E-state index contributed by atoms with van der Waals surface area (Å²) in [5.41, 5.74) is 1.55. The van der Waals surface area contributed by atoms with Gasteiger partial charge in [0.05, 0.1) is 21.5 Å². The smallest absolute Gasteiger partial charge is 0.278 e. The number of fused-ring (bicyclic) bond motifs is 1. The van der Waals surface area contributed by atoms with Crippen molar-refractivity contribution in [1.29, 1.82) is 5.26 Å². The van der Waals surface area contributed by atoms with E-state index < -0.39 is 11.9 Å². The number of nitrogens with zero attached hydrogens (tertiary/aromatic N) is 8. The first-order valence-corrected chi connectivity index (χ1v) is 20.6. The Bertz CT molecular complexity index is 2450. The van der Waals surface area contributed by atoms with Crippen molar-refractivity contribution >= 4 is 51.7 Å². The molecule has 59 heavy (non-hydrogen) atoms. The van der Waals surface area contributed by atoms with Crippen LogP contribution in [0.25, 0.3) is 10.9 Å². The number of pyridine rings is 1. The number of rotatable bonds is 9. The Morgan fingerprint density at radius 1 is 1.00 bits per heavy atom. The number of likely N-dealkylation sites (tertiary alicyclic amines) is 1. The van der Waals surface area contributed by atoms with Crippen molar-refractivity contribution in [3.8, 4) is 11.8 Å². The zero-order valence-electron chi connectivity index (χ0n) is 33.6. The van der Waals surface area contributed by atoms with Crippen molar-refractivity contribution in [1.82, 2.24) is 35.5 Å². The van der Waals surface area contributed by atoms with E-state index in [-0.39, 0.29) is 58.6 Å². The molecule has 5 aliphatic rings. The molecule has 1 saturated carbocycles. The number of imide groups is 1. The van der Waals surface area contributed by atoms with E-state index in [9.17, 15) is 24.4 Å². The minimum absolute atomic E-state index is 0.145. The molecule has 0 bridgehead atoms. The van der Waals surface area contributed by atoms with E-state index >= 15 is 0 Å². The minimum atomic E-state index is -0.843. The second-order valence-electron chi connectivity index (χ2n) is 18.3. The standard InChI is InChI=1S/C43H47ClN10O5/c1-41(2)39(42(3,4)40(41)59-29-8-5-26(17-45)31(44)16-29)48-36(56)27-6-11-34(46-18-27)52-14-13-25(20-52)19-51-21-43(22-51)23-53(24-43)28-7-9-30-32(15-28)49-50-54(38(30)58)33-10-12-35(55)47-37(33)57/h5-9,11,15-16,18,25,33,39-40H,10,12-14,19-24H2,1-4H3,(H,48,56)(H,47,55,57)/t25-,33?,39?,40?/m1/s1. The van der Waals surface area contributed by atoms with Gasteiger partial charge in [-0.25, -0.2) is 4.98 Å². The van der Waals surface area contributed by atoms with Gasteiger partial charge in [0, 0.05) is 92.5 Å². The van der Waals surface area contributed by atoms with Crippen molar-refractivity contribution < 1.29 is 19.1 Å². The lowest BCUT2D eigenvalue weighted by Gasteiger charge is -2.63. The van der Waals surface area contributed by atoms with Crippen LogP contribution in [0.4, 0.5) is 11.5 Å². The molecule has 306 valence electrons. The number of carbonyl (C=O) groups excluding carboxylic acids is 3. The van der Waals surface area contributed by atoms with E-state index in [0.29, 0.717) is 38.7 Å². The third-order valence-electron chi connectivity index (χ3n) is 13.3. The fraction of sp³-hybridized carbons (Fsp3) is 0.488. The number of hydrogen-bond donors (Lipinski definition) is 2. The molecule has 16 heteroatoms. The lowest BCUT2D eigenvalue weighted by atomic mass is 9.49. The molecule has 3 amide bonds.